The molecule has 3 aromatic rings. The van der Waals surface area contributed by atoms with Gasteiger partial charge >= 0.3 is 0 Å². The lowest BCUT2D eigenvalue weighted by atomic mass is 9.94. The molecule has 0 heterocycles. The van der Waals surface area contributed by atoms with E-state index in [1.54, 1.807) is 0 Å². The number of rotatable bonds is 8. The molecule has 0 N–H and O–H groups in total. The number of carbonyl (C=O) groups excluding carboxylic acids is 1. The van der Waals surface area contributed by atoms with E-state index in [4.69, 9.17) is 4.74 Å². The zero-order chi connectivity index (χ0) is 19.9. The molecule has 0 aromatic heterocycles. The predicted molar refractivity (Wildman–Crippen MR) is 115 cm³/mol. The zero-order valence-corrected chi connectivity index (χ0v) is 16.8. The summed E-state index contributed by atoms with van der Waals surface area (Å²) in [6.45, 7) is 3.57. The molecular formula is C25H27NO2. The van der Waals surface area contributed by atoms with Crippen molar-refractivity contribution >= 4 is 5.78 Å². The van der Waals surface area contributed by atoms with E-state index in [2.05, 4.69) is 42.2 Å². The molecule has 0 fully saturated rings. The Bertz CT molecular complexity index is 929. The first-order valence-electron chi connectivity index (χ1n) is 9.58. The van der Waals surface area contributed by atoms with Crippen LogP contribution in [0.4, 0.5) is 0 Å². The number of hydrogen-bond donors (Lipinski definition) is 0. The van der Waals surface area contributed by atoms with Gasteiger partial charge in [0.15, 0.2) is 5.78 Å². The second kappa shape index (κ2) is 9.34. The second-order valence-corrected chi connectivity index (χ2v) is 7.30. The van der Waals surface area contributed by atoms with Gasteiger partial charge in [-0.1, -0.05) is 54.1 Å². The fraction of sp³-hybridized carbons (Fsp3) is 0.240. The van der Waals surface area contributed by atoms with E-state index in [-0.39, 0.29) is 5.78 Å². The van der Waals surface area contributed by atoms with Gasteiger partial charge in [-0.2, -0.15) is 0 Å². The Labute approximate surface area is 167 Å². The molecule has 28 heavy (non-hydrogen) atoms. The van der Waals surface area contributed by atoms with E-state index in [1.165, 1.54) is 5.56 Å². The first kappa shape index (κ1) is 19.8. The molecule has 3 heteroatoms. The molecule has 0 atom stereocenters. The molecule has 0 saturated carbocycles. The average molecular weight is 373 g/mol. The van der Waals surface area contributed by atoms with Gasteiger partial charge in [0.05, 0.1) is 0 Å². The Balaban J connectivity index is 1.72. The predicted octanol–water partition coefficient (Wildman–Crippen LogP) is 5.03. The summed E-state index contributed by atoms with van der Waals surface area (Å²) in [5, 5.41) is 0. The number of ether oxygens (including phenoxy) is 1. The van der Waals surface area contributed by atoms with Gasteiger partial charge in [-0.3, -0.25) is 4.79 Å². The van der Waals surface area contributed by atoms with Crippen molar-refractivity contribution in [2.45, 2.75) is 13.3 Å². The first-order chi connectivity index (χ1) is 13.5. The van der Waals surface area contributed by atoms with Crippen LogP contribution >= 0.6 is 0 Å². The molecule has 0 saturated heterocycles. The van der Waals surface area contributed by atoms with E-state index >= 15 is 0 Å². The van der Waals surface area contributed by atoms with Crippen LogP contribution in [0.3, 0.4) is 0 Å². The van der Waals surface area contributed by atoms with E-state index in [1.807, 2.05) is 56.6 Å². The van der Waals surface area contributed by atoms with Crippen molar-refractivity contribution in [3.63, 3.8) is 0 Å². The third-order valence-corrected chi connectivity index (χ3v) is 4.68. The molecular weight excluding hydrogens is 346 g/mol. The van der Waals surface area contributed by atoms with Gasteiger partial charge in [-0.15, -0.1) is 0 Å². The third kappa shape index (κ3) is 5.30. The van der Waals surface area contributed by atoms with Gasteiger partial charge in [0, 0.05) is 18.5 Å². The summed E-state index contributed by atoms with van der Waals surface area (Å²) in [6, 6.07) is 24.0. The standard InChI is InChI=1S/C25H27NO2/c1-19-7-6-9-21(17-19)24-10-5-4-8-22(24)18-25(27)20-11-13-23(14-12-20)28-16-15-26(2)3/h4-14,17H,15-16,18H2,1-3H3. The number of hydrogen-bond acceptors (Lipinski definition) is 3. The van der Waals surface area contributed by atoms with E-state index in [9.17, 15) is 4.79 Å². The minimum absolute atomic E-state index is 0.111. The molecule has 0 aliphatic heterocycles. The topological polar surface area (TPSA) is 29.5 Å². The smallest absolute Gasteiger partial charge is 0.167 e. The SMILES string of the molecule is Cc1cccc(-c2ccccc2CC(=O)c2ccc(OCCN(C)C)cc2)c1. The number of carbonyl (C=O) groups is 1. The van der Waals surface area contributed by atoms with Gasteiger partial charge in [-0.25, -0.2) is 0 Å². The quantitative estimate of drug-likeness (QED) is 0.519. The number of aryl methyl sites for hydroxylation is 1. The molecule has 3 rings (SSSR count). The highest BCUT2D eigenvalue weighted by molar-refractivity contribution is 5.98. The molecule has 0 aliphatic carbocycles. The lowest BCUT2D eigenvalue weighted by molar-refractivity contribution is 0.0993. The minimum Gasteiger partial charge on any atom is -0.492 e. The molecule has 0 unspecified atom stereocenters. The molecule has 0 amide bonds. The first-order valence-corrected chi connectivity index (χ1v) is 9.58. The van der Waals surface area contributed by atoms with E-state index < -0.39 is 0 Å². The van der Waals surface area contributed by atoms with Crippen LogP contribution in [0, 0.1) is 6.92 Å². The highest BCUT2D eigenvalue weighted by Crippen LogP contribution is 2.26. The summed E-state index contributed by atoms with van der Waals surface area (Å²) in [5.41, 5.74) is 5.23. The molecule has 3 nitrogen and oxygen atoms in total. The highest BCUT2D eigenvalue weighted by Gasteiger charge is 2.12. The van der Waals surface area contributed by atoms with Crippen molar-refractivity contribution in [3.8, 4) is 16.9 Å². The van der Waals surface area contributed by atoms with Crippen LogP contribution in [-0.2, 0) is 6.42 Å². The maximum absolute atomic E-state index is 12.8. The normalized spacial score (nSPS) is 10.9. The largest absolute Gasteiger partial charge is 0.492 e. The molecule has 144 valence electrons. The third-order valence-electron chi connectivity index (χ3n) is 4.68. The number of likely N-dealkylation sites (N-methyl/N-ethyl adjacent to an activating group) is 1. The maximum Gasteiger partial charge on any atom is 0.167 e. The van der Waals surface area contributed by atoms with Gasteiger partial charge in [0.25, 0.3) is 0 Å². The summed E-state index contributed by atoms with van der Waals surface area (Å²) >= 11 is 0. The molecule has 3 aromatic carbocycles. The number of benzene rings is 3. The monoisotopic (exact) mass is 373 g/mol. The number of Topliss-reactive ketones (excluding diaryl/α,β-unsaturated/α-hetero) is 1. The van der Waals surface area contributed by atoms with Crippen LogP contribution in [0.15, 0.2) is 72.8 Å². The van der Waals surface area contributed by atoms with E-state index in [0.717, 1.165) is 29.0 Å². The Kier molecular flexibility index (Phi) is 6.62. The summed E-state index contributed by atoms with van der Waals surface area (Å²) in [6.07, 6.45) is 0.380. The van der Waals surface area contributed by atoms with Crippen molar-refractivity contribution in [1.82, 2.24) is 4.90 Å². The van der Waals surface area contributed by atoms with Crippen molar-refractivity contribution in [2.24, 2.45) is 0 Å². The Hall–Kier alpha value is -2.91. The lowest BCUT2D eigenvalue weighted by Crippen LogP contribution is -2.19. The summed E-state index contributed by atoms with van der Waals surface area (Å²) < 4.78 is 5.71. The summed E-state index contributed by atoms with van der Waals surface area (Å²) in [7, 11) is 4.03. The summed E-state index contributed by atoms with van der Waals surface area (Å²) in [5.74, 6) is 0.901. The van der Waals surface area contributed by atoms with Crippen LogP contribution in [-0.4, -0.2) is 37.9 Å². The van der Waals surface area contributed by atoms with Crippen LogP contribution in [0.25, 0.3) is 11.1 Å². The minimum atomic E-state index is 0.111. The van der Waals surface area contributed by atoms with Crippen LogP contribution in [0.5, 0.6) is 5.75 Å². The maximum atomic E-state index is 12.8. The molecule has 0 aliphatic rings. The number of nitrogens with zero attached hydrogens (tertiary/aromatic N) is 1. The second-order valence-electron chi connectivity index (χ2n) is 7.30. The van der Waals surface area contributed by atoms with Crippen molar-refractivity contribution < 1.29 is 9.53 Å². The van der Waals surface area contributed by atoms with Gasteiger partial charge in [0.2, 0.25) is 0 Å². The Morgan fingerprint density at radius 2 is 1.68 bits per heavy atom. The van der Waals surface area contributed by atoms with Crippen LogP contribution in [0.1, 0.15) is 21.5 Å². The molecule has 0 bridgehead atoms. The Morgan fingerprint density at radius 1 is 0.929 bits per heavy atom. The highest BCUT2D eigenvalue weighted by atomic mass is 16.5. The van der Waals surface area contributed by atoms with Crippen LogP contribution < -0.4 is 4.74 Å². The van der Waals surface area contributed by atoms with Gasteiger partial charge < -0.3 is 9.64 Å². The fourth-order valence-electron chi connectivity index (χ4n) is 3.13. The van der Waals surface area contributed by atoms with Crippen LogP contribution in [0.2, 0.25) is 0 Å². The van der Waals surface area contributed by atoms with E-state index in [0.29, 0.717) is 18.6 Å². The Morgan fingerprint density at radius 3 is 2.39 bits per heavy atom. The van der Waals surface area contributed by atoms with Gasteiger partial charge in [0.1, 0.15) is 12.4 Å². The average Bonchev–Trinajstić information content (AvgIpc) is 2.68. The zero-order valence-electron chi connectivity index (χ0n) is 16.8. The van der Waals surface area contributed by atoms with Crippen molar-refractivity contribution in [3.05, 3.63) is 89.5 Å². The molecule has 0 radical (unpaired) electrons. The lowest BCUT2D eigenvalue weighted by Gasteiger charge is -2.12. The van der Waals surface area contributed by atoms with Gasteiger partial charge in [-0.05, 0) is 62.0 Å². The van der Waals surface area contributed by atoms with Crippen molar-refractivity contribution in [2.75, 3.05) is 27.2 Å². The summed E-state index contributed by atoms with van der Waals surface area (Å²) in [4.78, 5) is 14.9. The van der Waals surface area contributed by atoms with Crippen molar-refractivity contribution in [1.29, 1.82) is 0 Å². The fourth-order valence-corrected chi connectivity index (χ4v) is 3.13. The number of ketones is 1. The molecule has 0 spiro atoms.